The molecular weight excluding hydrogens is 526 g/mol. The second-order valence-corrected chi connectivity index (χ2v) is 8.41. The van der Waals surface area contributed by atoms with E-state index in [-0.39, 0.29) is 25.0 Å². The molecule has 0 aliphatic heterocycles. The lowest BCUT2D eigenvalue weighted by Crippen LogP contribution is -2.50. The molecule has 1 unspecified atom stereocenters. The molecule has 0 aliphatic rings. The minimum atomic E-state index is -0.630. The molecular formula is C21H23Cl2IN2O3. The van der Waals surface area contributed by atoms with Crippen LogP contribution in [0.25, 0.3) is 0 Å². The van der Waals surface area contributed by atoms with E-state index in [2.05, 4.69) is 27.9 Å². The minimum absolute atomic E-state index is 0.179. The molecule has 8 heteroatoms. The zero-order valence-electron chi connectivity index (χ0n) is 16.3. The van der Waals surface area contributed by atoms with Gasteiger partial charge in [-0.3, -0.25) is 9.59 Å². The molecule has 2 aromatic carbocycles. The number of likely N-dealkylation sites (N-methyl/N-ethyl adjacent to an activating group) is 1. The summed E-state index contributed by atoms with van der Waals surface area (Å²) >= 11 is 14.5. The van der Waals surface area contributed by atoms with E-state index in [1.54, 1.807) is 30.3 Å². The van der Waals surface area contributed by atoms with Gasteiger partial charge in [-0.05, 0) is 77.9 Å². The van der Waals surface area contributed by atoms with Crippen molar-refractivity contribution < 1.29 is 14.3 Å². The number of ether oxygens (including phenoxy) is 1. The summed E-state index contributed by atoms with van der Waals surface area (Å²) in [6, 6.07) is 11.9. The van der Waals surface area contributed by atoms with Crippen molar-refractivity contribution in [2.45, 2.75) is 32.9 Å². The van der Waals surface area contributed by atoms with E-state index in [9.17, 15) is 9.59 Å². The zero-order valence-corrected chi connectivity index (χ0v) is 19.9. The van der Waals surface area contributed by atoms with Gasteiger partial charge in [0, 0.05) is 26.7 Å². The third kappa shape index (κ3) is 7.04. The number of halogens is 3. The van der Waals surface area contributed by atoms with Crippen LogP contribution in [0, 0.1) is 3.57 Å². The van der Waals surface area contributed by atoms with Crippen molar-refractivity contribution in [2.24, 2.45) is 0 Å². The lowest BCUT2D eigenvalue weighted by Gasteiger charge is -2.30. The van der Waals surface area contributed by atoms with Crippen LogP contribution in [0.3, 0.4) is 0 Å². The van der Waals surface area contributed by atoms with Gasteiger partial charge in [0.1, 0.15) is 11.8 Å². The quantitative estimate of drug-likeness (QED) is 0.452. The predicted octanol–water partition coefficient (Wildman–Crippen LogP) is 4.92. The second-order valence-electron chi connectivity index (χ2n) is 6.32. The van der Waals surface area contributed by atoms with Gasteiger partial charge >= 0.3 is 0 Å². The molecule has 0 saturated carbocycles. The maximum absolute atomic E-state index is 13.0. The van der Waals surface area contributed by atoms with Gasteiger partial charge in [0.15, 0.2) is 6.61 Å². The average Bonchev–Trinajstić information content (AvgIpc) is 2.69. The molecule has 0 aliphatic carbocycles. The van der Waals surface area contributed by atoms with Gasteiger partial charge in [0.05, 0.1) is 0 Å². The summed E-state index contributed by atoms with van der Waals surface area (Å²) < 4.78 is 6.72. The fourth-order valence-electron chi connectivity index (χ4n) is 2.80. The lowest BCUT2D eigenvalue weighted by molar-refractivity contribution is -0.142. The highest BCUT2D eigenvalue weighted by molar-refractivity contribution is 14.1. The second kappa shape index (κ2) is 11.6. The molecule has 0 spiro atoms. The molecule has 2 amide bonds. The van der Waals surface area contributed by atoms with Crippen LogP contribution in [-0.2, 0) is 16.1 Å². The number of benzene rings is 2. The van der Waals surface area contributed by atoms with Crippen molar-refractivity contribution in [3.63, 3.8) is 0 Å². The van der Waals surface area contributed by atoms with E-state index in [0.29, 0.717) is 34.3 Å². The van der Waals surface area contributed by atoms with Crippen molar-refractivity contribution >= 4 is 57.6 Å². The largest absolute Gasteiger partial charge is 0.484 e. The number of carbonyl (C=O) groups is 2. The highest BCUT2D eigenvalue weighted by Crippen LogP contribution is 2.24. The SMILES string of the molecule is CCNC(=O)C(CC)N(Cc1ccc(Cl)cc1Cl)C(=O)COc1ccc(I)cc1. The summed E-state index contributed by atoms with van der Waals surface area (Å²) in [5, 5.41) is 3.75. The number of nitrogens with zero attached hydrogens (tertiary/aromatic N) is 1. The Hall–Kier alpha value is -1.51. The van der Waals surface area contributed by atoms with Crippen molar-refractivity contribution in [3.05, 3.63) is 61.6 Å². The van der Waals surface area contributed by atoms with Gasteiger partial charge in [0.25, 0.3) is 5.91 Å². The number of nitrogens with one attached hydrogen (secondary N) is 1. The Morgan fingerprint density at radius 3 is 2.41 bits per heavy atom. The first-order valence-corrected chi connectivity index (χ1v) is 11.1. The van der Waals surface area contributed by atoms with Crippen LogP contribution in [0.5, 0.6) is 5.75 Å². The Morgan fingerprint density at radius 1 is 1.14 bits per heavy atom. The standard InChI is InChI=1S/C21H23Cl2IN2O3/c1-3-19(21(28)25-4-2)26(12-14-5-6-15(22)11-18(14)23)20(27)13-29-17-9-7-16(24)8-10-17/h5-11,19H,3-4,12-13H2,1-2H3,(H,25,28). The van der Waals surface area contributed by atoms with Gasteiger partial charge in [-0.1, -0.05) is 36.2 Å². The first-order valence-electron chi connectivity index (χ1n) is 9.25. The molecule has 0 heterocycles. The summed E-state index contributed by atoms with van der Waals surface area (Å²) in [6.07, 6.45) is 0.465. The van der Waals surface area contributed by atoms with Crippen LogP contribution in [0.1, 0.15) is 25.8 Å². The summed E-state index contributed by atoms with van der Waals surface area (Å²) in [5.41, 5.74) is 0.710. The molecule has 2 aromatic rings. The van der Waals surface area contributed by atoms with Gasteiger partial charge in [-0.2, -0.15) is 0 Å². The smallest absolute Gasteiger partial charge is 0.261 e. The van der Waals surface area contributed by atoms with Crippen LogP contribution in [0.15, 0.2) is 42.5 Å². The summed E-state index contributed by atoms with van der Waals surface area (Å²) in [4.78, 5) is 27.1. The normalized spacial score (nSPS) is 11.6. The zero-order chi connectivity index (χ0) is 21.4. The third-order valence-corrected chi connectivity index (χ3v) is 5.57. The van der Waals surface area contributed by atoms with Crippen molar-refractivity contribution in [1.82, 2.24) is 10.2 Å². The van der Waals surface area contributed by atoms with E-state index in [4.69, 9.17) is 27.9 Å². The molecule has 0 fully saturated rings. The first kappa shape index (κ1) is 23.8. The molecule has 5 nitrogen and oxygen atoms in total. The number of carbonyl (C=O) groups excluding carboxylic acids is 2. The van der Waals surface area contributed by atoms with Crippen LogP contribution in [0.2, 0.25) is 10.0 Å². The number of amides is 2. The highest BCUT2D eigenvalue weighted by Gasteiger charge is 2.29. The van der Waals surface area contributed by atoms with E-state index in [0.717, 1.165) is 3.57 Å². The van der Waals surface area contributed by atoms with Crippen molar-refractivity contribution in [3.8, 4) is 5.75 Å². The van der Waals surface area contributed by atoms with Gasteiger partial charge in [-0.25, -0.2) is 0 Å². The van der Waals surface area contributed by atoms with Crippen LogP contribution < -0.4 is 10.1 Å². The molecule has 0 aromatic heterocycles. The maximum atomic E-state index is 13.0. The van der Waals surface area contributed by atoms with E-state index >= 15 is 0 Å². The van der Waals surface area contributed by atoms with E-state index < -0.39 is 6.04 Å². The van der Waals surface area contributed by atoms with Crippen LogP contribution in [-0.4, -0.2) is 35.9 Å². The predicted molar refractivity (Wildman–Crippen MR) is 124 cm³/mol. The van der Waals surface area contributed by atoms with E-state index in [1.165, 1.54) is 4.90 Å². The Morgan fingerprint density at radius 2 is 1.83 bits per heavy atom. The maximum Gasteiger partial charge on any atom is 0.261 e. The fraction of sp³-hybridized carbons (Fsp3) is 0.333. The molecule has 29 heavy (non-hydrogen) atoms. The first-order chi connectivity index (χ1) is 13.8. The van der Waals surface area contributed by atoms with Crippen molar-refractivity contribution in [1.29, 1.82) is 0 Å². The van der Waals surface area contributed by atoms with Gasteiger partial charge in [-0.15, -0.1) is 0 Å². The van der Waals surface area contributed by atoms with Crippen LogP contribution >= 0.6 is 45.8 Å². The Labute approximate surface area is 194 Å². The third-order valence-electron chi connectivity index (χ3n) is 4.27. The molecule has 2 rings (SSSR count). The molecule has 0 bridgehead atoms. The molecule has 0 radical (unpaired) electrons. The van der Waals surface area contributed by atoms with Crippen molar-refractivity contribution in [2.75, 3.05) is 13.2 Å². The van der Waals surface area contributed by atoms with Gasteiger partial charge in [0.2, 0.25) is 5.91 Å². The lowest BCUT2D eigenvalue weighted by atomic mass is 10.1. The summed E-state index contributed by atoms with van der Waals surface area (Å²) in [5.74, 6) is 0.0877. The number of hydrogen-bond acceptors (Lipinski definition) is 3. The molecule has 1 N–H and O–H groups in total. The minimum Gasteiger partial charge on any atom is -0.484 e. The molecule has 156 valence electrons. The highest BCUT2D eigenvalue weighted by atomic mass is 127. The monoisotopic (exact) mass is 548 g/mol. The van der Waals surface area contributed by atoms with E-state index in [1.807, 2.05) is 26.0 Å². The number of rotatable bonds is 9. The summed E-state index contributed by atoms with van der Waals surface area (Å²) in [6.45, 7) is 4.19. The average molecular weight is 549 g/mol. The molecule has 1 atom stereocenters. The Bertz CT molecular complexity index is 846. The number of hydrogen-bond donors (Lipinski definition) is 1. The Kier molecular flexibility index (Phi) is 9.52. The fourth-order valence-corrected chi connectivity index (χ4v) is 3.63. The van der Waals surface area contributed by atoms with Crippen LogP contribution in [0.4, 0.5) is 0 Å². The summed E-state index contributed by atoms with van der Waals surface area (Å²) in [7, 11) is 0. The Balaban J connectivity index is 2.22. The topological polar surface area (TPSA) is 58.6 Å². The van der Waals surface area contributed by atoms with Gasteiger partial charge < -0.3 is 15.0 Å². The molecule has 0 saturated heterocycles.